The molecule has 0 aliphatic heterocycles. The molecule has 5 heteroatoms. The van der Waals surface area contributed by atoms with E-state index in [0.29, 0.717) is 31.6 Å². The summed E-state index contributed by atoms with van der Waals surface area (Å²) in [6, 6.07) is 4.71. The van der Waals surface area contributed by atoms with Crippen LogP contribution in [0.5, 0.6) is 0 Å². The van der Waals surface area contributed by atoms with Crippen molar-refractivity contribution in [1.82, 2.24) is 0 Å². The molecule has 0 bridgehead atoms. The van der Waals surface area contributed by atoms with Gasteiger partial charge in [0, 0.05) is 26.1 Å². The number of ketones is 1. The van der Waals surface area contributed by atoms with Gasteiger partial charge < -0.3 is 4.74 Å². The normalized spacial score (nSPS) is 11.6. The van der Waals surface area contributed by atoms with Crippen molar-refractivity contribution in [3.8, 4) is 0 Å². The summed E-state index contributed by atoms with van der Waals surface area (Å²) in [5.41, 5.74) is -0.0885. The summed E-state index contributed by atoms with van der Waals surface area (Å²) >= 11 is 0. The second-order valence-electron chi connectivity index (χ2n) is 4.21. The van der Waals surface area contributed by atoms with Crippen LogP contribution in [0.3, 0.4) is 0 Å². The zero-order chi connectivity index (χ0) is 14.3. The lowest BCUT2D eigenvalue weighted by molar-refractivity contribution is -0.137. The van der Waals surface area contributed by atoms with E-state index in [4.69, 9.17) is 4.74 Å². The van der Waals surface area contributed by atoms with Crippen molar-refractivity contribution < 1.29 is 22.7 Å². The molecule has 0 fully saturated rings. The minimum absolute atomic E-state index is 0.0134. The molecule has 1 rings (SSSR count). The Balaban J connectivity index is 2.43. The predicted molar refractivity (Wildman–Crippen MR) is 65.9 cm³/mol. The number of rotatable bonds is 7. The molecule has 0 unspecified atom stereocenters. The van der Waals surface area contributed by atoms with E-state index < -0.39 is 11.7 Å². The topological polar surface area (TPSA) is 26.3 Å². The molecule has 0 aromatic heterocycles. The maximum atomic E-state index is 12.3. The number of Topliss-reactive ketones (excluding diaryl/α,β-unsaturated/α-hetero) is 1. The lowest BCUT2D eigenvalue weighted by atomic mass is 10.0. The molecule has 0 saturated heterocycles. The number of alkyl halides is 3. The van der Waals surface area contributed by atoms with E-state index in [1.807, 2.05) is 6.92 Å². The Morgan fingerprint density at radius 3 is 2.37 bits per heavy atom. The first-order chi connectivity index (χ1) is 8.93. The van der Waals surface area contributed by atoms with E-state index >= 15 is 0 Å². The summed E-state index contributed by atoms with van der Waals surface area (Å²) in [6.45, 7) is 3.03. The van der Waals surface area contributed by atoms with E-state index in [1.165, 1.54) is 12.1 Å². The number of ether oxygens (including phenoxy) is 1. The molecule has 2 nitrogen and oxygen atoms in total. The van der Waals surface area contributed by atoms with Gasteiger partial charge in [0.15, 0.2) is 0 Å². The monoisotopic (exact) mass is 274 g/mol. The number of hydrogen-bond donors (Lipinski definition) is 0. The van der Waals surface area contributed by atoms with Crippen molar-refractivity contribution in [2.45, 2.75) is 32.4 Å². The maximum Gasteiger partial charge on any atom is 0.416 e. The first-order valence-corrected chi connectivity index (χ1v) is 6.19. The van der Waals surface area contributed by atoms with Crippen LogP contribution >= 0.6 is 0 Å². The Hall–Kier alpha value is -1.36. The fourth-order valence-corrected chi connectivity index (χ4v) is 1.64. The van der Waals surface area contributed by atoms with Gasteiger partial charge >= 0.3 is 6.18 Å². The van der Waals surface area contributed by atoms with E-state index in [0.717, 1.165) is 12.1 Å². The fraction of sp³-hybridized carbons (Fsp3) is 0.500. The molecule has 106 valence electrons. The molecule has 0 spiro atoms. The summed E-state index contributed by atoms with van der Waals surface area (Å²) in [5.74, 6) is 0.0134. The van der Waals surface area contributed by atoms with Crippen molar-refractivity contribution in [2.24, 2.45) is 0 Å². The molecule has 0 amide bonds. The van der Waals surface area contributed by atoms with Crippen LogP contribution in [0.25, 0.3) is 0 Å². The smallest absolute Gasteiger partial charge is 0.382 e. The summed E-state index contributed by atoms with van der Waals surface area (Å²) < 4.78 is 42.1. The molecule has 1 aromatic carbocycles. The molecular weight excluding hydrogens is 257 g/mol. The largest absolute Gasteiger partial charge is 0.416 e. The van der Waals surface area contributed by atoms with E-state index in [1.54, 1.807) is 0 Å². The SMILES string of the molecule is CCOCCCC(=O)Cc1ccc(C(F)(F)F)cc1. The lowest BCUT2D eigenvalue weighted by Gasteiger charge is -2.07. The van der Waals surface area contributed by atoms with Crippen LogP contribution < -0.4 is 0 Å². The molecule has 0 heterocycles. The average molecular weight is 274 g/mol. The van der Waals surface area contributed by atoms with E-state index in [9.17, 15) is 18.0 Å². The standard InChI is InChI=1S/C14H17F3O2/c1-2-19-9-3-4-13(18)10-11-5-7-12(8-6-11)14(15,16)17/h5-8H,2-4,9-10H2,1H3. The number of hydrogen-bond acceptors (Lipinski definition) is 2. The van der Waals surface area contributed by atoms with Gasteiger partial charge in [-0.1, -0.05) is 12.1 Å². The number of carbonyl (C=O) groups is 1. The zero-order valence-corrected chi connectivity index (χ0v) is 10.8. The summed E-state index contributed by atoms with van der Waals surface area (Å²) in [6.07, 6.45) is -3.13. The van der Waals surface area contributed by atoms with Crippen LogP contribution in [0.2, 0.25) is 0 Å². The Labute approximate surface area is 110 Å². The quantitative estimate of drug-likeness (QED) is 0.710. The van der Waals surface area contributed by atoms with Gasteiger partial charge in [0.1, 0.15) is 5.78 Å². The molecule has 0 atom stereocenters. The molecular formula is C14H17F3O2. The number of halogens is 3. The highest BCUT2D eigenvalue weighted by molar-refractivity contribution is 5.80. The Bertz CT molecular complexity index is 396. The molecule has 0 N–H and O–H groups in total. The third kappa shape index (κ3) is 5.87. The molecule has 0 aliphatic carbocycles. The van der Waals surface area contributed by atoms with Crippen LogP contribution in [0.4, 0.5) is 13.2 Å². The Morgan fingerprint density at radius 2 is 1.84 bits per heavy atom. The van der Waals surface area contributed by atoms with Gasteiger partial charge in [-0.05, 0) is 31.0 Å². The first kappa shape index (κ1) is 15.7. The van der Waals surface area contributed by atoms with E-state index in [-0.39, 0.29) is 12.2 Å². The first-order valence-electron chi connectivity index (χ1n) is 6.19. The summed E-state index contributed by atoms with van der Waals surface area (Å²) in [4.78, 5) is 11.6. The fourth-order valence-electron chi connectivity index (χ4n) is 1.64. The molecule has 0 aliphatic rings. The highest BCUT2D eigenvalue weighted by Crippen LogP contribution is 2.29. The molecule has 0 radical (unpaired) electrons. The van der Waals surface area contributed by atoms with Crippen molar-refractivity contribution in [2.75, 3.05) is 13.2 Å². The average Bonchev–Trinajstić information content (AvgIpc) is 2.34. The number of carbonyl (C=O) groups excluding carboxylic acids is 1. The Morgan fingerprint density at radius 1 is 1.21 bits per heavy atom. The van der Waals surface area contributed by atoms with Crippen molar-refractivity contribution in [1.29, 1.82) is 0 Å². The number of benzene rings is 1. The molecule has 0 saturated carbocycles. The Kier molecular flexibility index (Phi) is 6.02. The maximum absolute atomic E-state index is 12.3. The lowest BCUT2D eigenvalue weighted by Crippen LogP contribution is -2.07. The highest BCUT2D eigenvalue weighted by atomic mass is 19.4. The summed E-state index contributed by atoms with van der Waals surface area (Å²) in [5, 5.41) is 0. The van der Waals surface area contributed by atoms with Gasteiger partial charge in [0.25, 0.3) is 0 Å². The van der Waals surface area contributed by atoms with Crippen LogP contribution in [0.1, 0.15) is 30.9 Å². The third-order valence-electron chi connectivity index (χ3n) is 2.63. The molecule has 1 aromatic rings. The van der Waals surface area contributed by atoms with Gasteiger partial charge in [-0.2, -0.15) is 13.2 Å². The summed E-state index contributed by atoms with van der Waals surface area (Å²) in [7, 11) is 0. The van der Waals surface area contributed by atoms with Gasteiger partial charge in [-0.25, -0.2) is 0 Å². The van der Waals surface area contributed by atoms with Crippen molar-refractivity contribution in [3.63, 3.8) is 0 Å². The van der Waals surface area contributed by atoms with Crippen LogP contribution in [-0.4, -0.2) is 19.0 Å². The van der Waals surface area contributed by atoms with E-state index in [2.05, 4.69) is 0 Å². The minimum Gasteiger partial charge on any atom is -0.382 e. The van der Waals surface area contributed by atoms with Gasteiger partial charge in [-0.15, -0.1) is 0 Å². The van der Waals surface area contributed by atoms with Gasteiger partial charge in [-0.3, -0.25) is 4.79 Å². The van der Waals surface area contributed by atoms with Crippen LogP contribution in [0.15, 0.2) is 24.3 Å². The zero-order valence-electron chi connectivity index (χ0n) is 10.8. The highest BCUT2D eigenvalue weighted by Gasteiger charge is 2.29. The third-order valence-corrected chi connectivity index (χ3v) is 2.63. The van der Waals surface area contributed by atoms with Crippen molar-refractivity contribution in [3.05, 3.63) is 35.4 Å². The van der Waals surface area contributed by atoms with Gasteiger partial charge in [0.2, 0.25) is 0 Å². The van der Waals surface area contributed by atoms with Crippen LogP contribution in [-0.2, 0) is 22.1 Å². The second kappa shape index (κ2) is 7.28. The predicted octanol–water partition coefficient (Wildman–Crippen LogP) is 3.63. The van der Waals surface area contributed by atoms with Gasteiger partial charge in [0.05, 0.1) is 5.56 Å². The second-order valence-corrected chi connectivity index (χ2v) is 4.21. The van der Waals surface area contributed by atoms with Crippen molar-refractivity contribution >= 4 is 5.78 Å². The van der Waals surface area contributed by atoms with Crippen LogP contribution in [0, 0.1) is 0 Å². The molecule has 19 heavy (non-hydrogen) atoms. The minimum atomic E-state index is -4.33.